The number of hydrogen-bond donors (Lipinski definition) is 1. The molecule has 0 saturated heterocycles. The molecule has 0 unspecified atom stereocenters. The zero-order valence-electron chi connectivity index (χ0n) is 9.93. The molecule has 0 atom stereocenters. The second kappa shape index (κ2) is 5.90. The molecule has 0 aliphatic carbocycles. The lowest BCUT2D eigenvalue weighted by molar-refractivity contribution is -0.384. The minimum atomic E-state index is -0.482. The van der Waals surface area contributed by atoms with E-state index in [-0.39, 0.29) is 5.69 Å². The fraction of sp³-hybridized carbons (Fsp3) is 0. The summed E-state index contributed by atoms with van der Waals surface area (Å²) in [4.78, 5) is 10.5. The van der Waals surface area contributed by atoms with Crippen molar-refractivity contribution in [2.75, 3.05) is 5.32 Å². The van der Waals surface area contributed by atoms with Crippen molar-refractivity contribution in [1.82, 2.24) is 0 Å². The topological polar surface area (TPSA) is 79.0 Å². The van der Waals surface area contributed by atoms with Gasteiger partial charge in [0.1, 0.15) is 5.69 Å². The van der Waals surface area contributed by atoms with Crippen molar-refractivity contribution in [1.29, 1.82) is 5.26 Å². The van der Waals surface area contributed by atoms with Crippen LogP contribution in [-0.4, -0.2) is 4.92 Å². The maximum atomic E-state index is 11.0. The fourth-order valence-corrected chi connectivity index (χ4v) is 2.17. The van der Waals surface area contributed by atoms with Crippen molar-refractivity contribution in [2.24, 2.45) is 0 Å². The Morgan fingerprint density at radius 2 is 1.95 bits per heavy atom. The molecule has 0 heterocycles. The molecule has 1 N–H and O–H groups in total. The van der Waals surface area contributed by atoms with Crippen LogP contribution in [0.5, 0.6) is 0 Å². The van der Waals surface area contributed by atoms with Gasteiger partial charge in [-0.05, 0) is 30.3 Å². The van der Waals surface area contributed by atoms with E-state index in [1.54, 1.807) is 24.3 Å². The number of anilines is 2. The van der Waals surface area contributed by atoms with Gasteiger partial charge in [-0.25, -0.2) is 0 Å². The third-order valence-corrected chi connectivity index (χ3v) is 3.33. The van der Waals surface area contributed by atoms with E-state index in [9.17, 15) is 10.1 Å². The van der Waals surface area contributed by atoms with Crippen molar-refractivity contribution in [3.05, 3.63) is 61.6 Å². The van der Waals surface area contributed by atoms with Crippen LogP contribution in [0.2, 0.25) is 5.02 Å². The first-order valence-electron chi connectivity index (χ1n) is 5.42. The molecule has 100 valence electrons. The van der Waals surface area contributed by atoms with E-state index < -0.39 is 4.92 Å². The fourth-order valence-electron chi connectivity index (χ4n) is 1.59. The molecule has 0 aromatic heterocycles. The molecule has 0 bridgehead atoms. The van der Waals surface area contributed by atoms with Gasteiger partial charge in [-0.1, -0.05) is 27.5 Å². The Balaban J connectivity index is 2.40. The Hall–Kier alpha value is -2.10. The number of nitrogens with zero attached hydrogens (tertiary/aromatic N) is 2. The van der Waals surface area contributed by atoms with Gasteiger partial charge in [-0.3, -0.25) is 10.1 Å². The molecule has 0 radical (unpaired) electrons. The molecular weight excluding hydrogens is 346 g/mol. The number of nitro benzene ring substituents is 1. The second-order valence-corrected chi connectivity index (χ2v) is 5.17. The molecule has 2 aromatic carbocycles. The lowest BCUT2D eigenvalue weighted by Gasteiger charge is -2.09. The predicted octanol–water partition coefficient (Wildman–Crippen LogP) is 4.63. The molecule has 0 aliphatic rings. The molecule has 0 aliphatic heterocycles. The van der Waals surface area contributed by atoms with Gasteiger partial charge >= 0.3 is 0 Å². The van der Waals surface area contributed by atoms with Crippen LogP contribution in [0.4, 0.5) is 17.1 Å². The van der Waals surface area contributed by atoms with Crippen molar-refractivity contribution < 1.29 is 4.92 Å². The monoisotopic (exact) mass is 351 g/mol. The molecule has 2 rings (SSSR count). The van der Waals surface area contributed by atoms with E-state index in [4.69, 9.17) is 16.9 Å². The summed E-state index contributed by atoms with van der Waals surface area (Å²) < 4.78 is 0.612. The molecule has 0 amide bonds. The van der Waals surface area contributed by atoms with E-state index >= 15 is 0 Å². The maximum Gasteiger partial charge on any atom is 0.293 e. The highest BCUT2D eigenvalue weighted by Crippen LogP contribution is 2.33. The van der Waals surface area contributed by atoms with Crippen LogP contribution < -0.4 is 5.32 Å². The van der Waals surface area contributed by atoms with Crippen molar-refractivity contribution in [3.8, 4) is 6.07 Å². The number of benzene rings is 2. The summed E-state index contributed by atoms with van der Waals surface area (Å²) in [6.45, 7) is 0. The molecule has 0 fully saturated rings. The van der Waals surface area contributed by atoms with Gasteiger partial charge in [0.05, 0.1) is 27.3 Å². The van der Waals surface area contributed by atoms with Crippen LogP contribution in [0.15, 0.2) is 40.9 Å². The first kappa shape index (κ1) is 14.3. The first-order valence-corrected chi connectivity index (χ1v) is 6.59. The Labute approximate surface area is 128 Å². The summed E-state index contributed by atoms with van der Waals surface area (Å²) in [7, 11) is 0. The average molecular weight is 353 g/mol. The van der Waals surface area contributed by atoms with Crippen LogP contribution >= 0.6 is 27.5 Å². The predicted molar refractivity (Wildman–Crippen MR) is 80.2 cm³/mol. The molecule has 0 spiro atoms. The number of nitro groups is 1. The lowest BCUT2D eigenvalue weighted by atomic mass is 10.2. The average Bonchev–Trinajstić information content (AvgIpc) is 2.42. The molecule has 0 saturated carbocycles. The van der Waals surface area contributed by atoms with Crippen LogP contribution in [0.25, 0.3) is 0 Å². The van der Waals surface area contributed by atoms with Gasteiger partial charge in [-0.15, -0.1) is 0 Å². The van der Waals surface area contributed by atoms with Gasteiger partial charge in [0.25, 0.3) is 5.69 Å². The minimum absolute atomic E-state index is 0.0696. The number of halogens is 2. The highest BCUT2D eigenvalue weighted by atomic mass is 79.9. The minimum Gasteiger partial charge on any atom is -0.349 e. The zero-order chi connectivity index (χ0) is 14.7. The number of nitriles is 1. The summed E-state index contributed by atoms with van der Waals surface area (Å²) in [5.74, 6) is 0. The lowest BCUT2D eigenvalue weighted by Crippen LogP contribution is -1.97. The maximum absolute atomic E-state index is 11.0. The van der Waals surface area contributed by atoms with Gasteiger partial charge in [0.2, 0.25) is 0 Å². The second-order valence-electron chi connectivity index (χ2n) is 3.85. The van der Waals surface area contributed by atoms with Crippen molar-refractivity contribution >= 4 is 44.6 Å². The summed E-state index contributed by atoms with van der Waals surface area (Å²) in [6, 6.07) is 11.3. The molecule has 5 nitrogen and oxygen atoms in total. The van der Waals surface area contributed by atoms with Gasteiger partial charge in [-0.2, -0.15) is 5.26 Å². The highest BCUT2D eigenvalue weighted by Gasteiger charge is 2.15. The number of nitrogens with one attached hydrogen (secondary N) is 1. The molecular formula is C13H7BrClN3O2. The smallest absolute Gasteiger partial charge is 0.293 e. The third-order valence-electron chi connectivity index (χ3n) is 2.52. The summed E-state index contributed by atoms with van der Waals surface area (Å²) in [5, 5.41) is 23.0. The summed E-state index contributed by atoms with van der Waals surface area (Å²) in [6.07, 6.45) is 0. The van der Waals surface area contributed by atoms with Crippen LogP contribution in [-0.2, 0) is 0 Å². The van der Waals surface area contributed by atoms with E-state index in [0.717, 1.165) is 0 Å². The molecule has 2 aromatic rings. The van der Waals surface area contributed by atoms with Gasteiger partial charge in [0, 0.05) is 10.5 Å². The quantitative estimate of drug-likeness (QED) is 0.645. The Morgan fingerprint density at radius 1 is 1.25 bits per heavy atom. The SMILES string of the molecule is N#Cc1ccc(Nc2ccc(Br)cc2[N+](=O)[O-])c(Cl)c1. The Kier molecular flexibility index (Phi) is 4.23. The van der Waals surface area contributed by atoms with Crippen molar-refractivity contribution in [2.45, 2.75) is 0 Å². The summed E-state index contributed by atoms with van der Waals surface area (Å²) in [5.41, 5.74) is 1.17. The van der Waals surface area contributed by atoms with E-state index in [0.29, 0.717) is 26.4 Å². The Morgan fingerprint density at radius 3 is 2.55 bits per heavy atom. The normalized spacial score (nSPS) is 9.85. The highest BCUT2D eigenvalue weighted by molar-refractivity contribution is 9.10. The van der Waals surface area contributed by atoms with Gasteiger partial charge < -0.3 is 5.32 Å². The van der Waals surface area contributed by atoms with Crippen LogP contribution in [0, 0.1) is 21.4 Å². The molecule has 20 heavy (non-hydrogen) atoms. The van der Waals surface area contributed by atoms with Crippen LogP contribution in [0.3, 0.4) is 0 Å². The Bertz CT molecular complexity index is 728. The largest absolute Gasteiger partial charge is 0.349 e. The standard InChI is InChI=1S/C13H7BrClN3O2/c14-9-2-4-12(13(6-9)18(19)20)17-11-3-1-8(7-16)5-10(11)15/h1-6,17H. The van der Waals surface area contributed by atoms with E-state index in [1.165, 1.54) is 12.1 Å². The van der Waals surface area contributed by atoms with E-state index in [2.05, 4.69) is 21.2 Å². The zero-order valence-corrected chi connectivity index (χ0v) is 12.3. The van der Waals surface area contributed by atoms with Gasteiger partial charge in [0.15, 0.2) is 0 Å². The first-order chi connectivity index (χ1) is 9.51. The third kappa shape index (κ3) is 3.07. The van der Waals surface area contributed by atoms with E-state index in [1.807, 2.05) is 6.07 Å². The number of hydrogen-bond acceptors (Lipinski definition) is 4. The van der Waals surface area contributed by atoms with Crippen molar-refractivity contribution in [3.63, 3.8) is 0 Å². The summed E-state index contributed by atoms with van der Waals surface area (Å²) >= 11 is 9.22. The van der Waals surface area contributed by atoms with Crippen LogP contribution in [0.1, 0.15) is 5.56 Å². The number of rotatable bonds is 3. The molecule has 7 heteroatoms.